The fourth-order valence-electron chi connectivity index (χ4n) is 2.91. The predicted octanol–water partition coefficient (Wildman–Crippen LogP) is 4.79. The summed E-state index contributed by atoms with van der Waals surface area (Å²) in [5.74, 6) is 13.0. The van der Waals surface area contributed by atoms with Crippen molar-refractivity contribution in [3.05, 3.63) is 99.6 Å². The molecule has 0 nitrogen and oxygen atoms in total. The first-order chi connectivity index (χ1) is 13.0. The molecular weight excluding hydrogens is 323 g/mol. The molecule has 1 radical (unpaired) electrons. The fourth-order valence-corrected chi connectivity index (χ4v) is 2.91. The van der Waals surface area contributed by atoms with Crippen LogP contribution in [0.1, 0.15) is 38.9 Å². The number of hydrogen-bond donors (Lipinski definition) is 0. The van der Waals surface area contributed by atoms with Crippen molar-refractivity contribution in [3.8, 4) is 23.7 Å². The molecule has 0 saturated carbocycles. The molecule has 3 rings (SSSR count). The zero-order valence-corrected chi connectivity index (χ0v) is 16.4. The van der Waals surface area contributed by atoms with Crippen molar-refractivity contribution >= 4 is 12.7 Å². The van der Waals surface area contributed by atoms with Gasteiger partial charge in [0.05, 0.1) is 0 Å². The van der Waals surface area contributed by atoms with Crippen molar-refractivity contribution in [1.82, 2.24) is 0 Å². The van der Waals surface area contributed by atoms with Gasteiger partial charge in [-0.25, -0.2) is 0 Å². The van der Waals surface area contributed by atoms with E-state index in [4.69, 9.17) is 0 Å². The van der Waals surface area contributed by atoms with Gasteiger partial charge in [-0.15, -0.1) is 0 Å². The Morgan fingerprint density at radius 2 is 1.00 bits per heavy atom. The largest absolute Gasteiger partial charge is 0.148 e. The van der Waals surface area contributed by atoms with Crippen LogP contribution in [0.15, 0.2) is 60.7 Å². The zero-order chi connectivity index (χ0) is 19.2. The maximum absolute atomic E-state index is 3.33. The molecule has 0 unspecified atom stereocenters. The van der Waals surface area contributed by atoms with Crippen LogP contribution in [-0.2, 0) is 0 Å². The normalized spacial score (nSPS) is 9.63. The number of rotatable bonds is 1. The highest BCUT2D eigenvalue weighted by Gasteiger charge is 2.02. The van der Waals surface area contributed by atoms with Crippen molar-refractivity contribution in [2.45, 2.75) is 27.6 Å². The minimum Gasteiger partial charge on any atom is -0.0875 e. The van der Waals surface area contributed by atoms with Gasteiger partial charge in [-0.05, 0) is 68.3 Å². The first-order valence-corrected chi connectivity index (χ1v) is 9.16. The summed E-state index contributed by atoms with van der Waals surface area (Å²) in [5, 5.41) is 0. The van der Waals surface area contributed by atoms with Gasteiger partial charge in [0, 0.05) is 22.3 Å². The molecule has 1 heteroatoms. The second kappa shape index (κ2) is 8.48. The van der Waals surface area contributed by atoms with Crippen LogP contribution in [0.3, 0.4) is 0 Å². The van der Waals surface area contributed by atoms with Crippen LogP contribution in [0.25, 0.3) is 0 Å². The molecule has 0 bridgehead atoms. The number of aryl methyl sites for hydroxylation is 3. The van der Waals surface area contributed by atoms with Crippen LogP contribution >= 0.6 is 0 Å². The molecule has 0 N–H and O–H groups in total. The maximum Gasteiger partial charge on any atom is 0.148 e. The van der Waals surface area contributed by atoms with E-state index in [9.17, 15) is 0 Å². The van der Waals surface area contributed by atoms with Crippen molar-refractivity contribution in [3.63, 3.8) is 0 Å². The summed E-state index contributed by atoms with van der Waals surface area (Å²) >= 11 is 0. The van der Waals surface area contributed by atoms with Gasteiger partial charge in [0.2, 0.25) is 0 Å². The first kappa shape index (κ1) is 18.6. The molecule has 129 valence electrons. The van der Waals surface area contributed by atoms with E-state index in [1.807, 2.05) is 24.3 Å². The van der Waals surface area contributed by atoms with E-state index in [1.54, 1.807) is 0 Å². The molecule has 27 heavy (non-hydrogen) atoms. The van der Waals surface area contributed by atoms with Crippen molar-refractivity contribution in [2.24, 2.45) is 0 Å². The van der Waals surface area contributed by atoms with E-state index >= 15 is 0 Å². The Morgan fingerprint density at radius 1 is 0.593 bits per heavy atom. The summed E-state index contributed by atoms with van der Waals surface area (Å²) in [7, 11) is 2.12. The molecular formula is C26H22B. The topological polar surface area (TPSA) is 0 Å². The van der Waals surface area contributed by atoms with Gasteiger partial charge in [0.15, 0.2) is 0 Å². The monoisotopic (exact) mass is 345 g/mol. The number of benzene rings is 3. The van der Waals surface area contributed by atoms with E-state index in [0.717, 1.165) is 22.3 Å². The van der Waals surface area contributed by atoms with Crippen LogP contribution < -0.4 is 5.46 Å². The minimum absolute atomic E-state index is 0.997. The molecule has 0 spiro atoms. The second-order valence-electron chi connectivity index (χ2n) is 6.76. The molecule has 0 amide bonds. The van der Waals surface area contributed by atoms with Crippen molar-refractivity contribution in [1.29, 1.82) is 0 Å². The molecule has 3 aromatic carbocycles. The number of hydrogen-bond acceptors (Lipinski definition) is 0. The summed E-state index contributed by atoms with van der Waals surface area (Å²) < 4.78 is 0. The molecule has 3 aromatic rings. The van der Waals surface area contributed by atoms with Gasteiger partial charge in [-0.2, -0.15) is 0 Å². The lowest BCUT2D eigenvalue weighted by Crippen LogP contribution is -2.12. The lowest BCUT2D eigenvalue weighted by molar-refractivity contribution is 1.36. The molecule has 0 fully saturated rings. The molecule has 0 atom stereocenters. The predicted molar refractivity (Wildman–Crippen MR) is 117 cm³/mol. The SMILES string of the molecule is C[B]c1cc(C)c(C#Cc2ccc(C#Cc3ccc(C)cc3)cc2)c(C)c1. The second-order valence-corrected chi connectivity index (χ2v) is 6.76. The highest BCUT2D eigenvalue weighted by atomic mass is 14.0. The van der Waals surface area contributed by atoms with Crippen LogP contribution in [0.4, 0.5) is 0 Å². The van der Waals surface area contributed by atoms with Crippen LogP contribution in [0.5, 0.6) is 0 Å². The van der Waals surface area contributed by atoms with Gasteiger partial charge in [-0.3, -0.25) is 0 Å². The van der Waals surface area contributed by atoms with E-state index < -0.39 is 0 Å². The lowest BCUT2D eigenvalue weighted by atomic mass is 9.72. The lowest BCUT2D eigenvalue weighted by Gasteiger charge is -2.06. The highest BCUT2D eigenvalue weighted by Crippen LogP contribution is 2.11. The molecule has 0 heterocycles. The Kier molecular flexibility index (Phi) is 5.85. The van der Waals surface area contributed by atoms with Gasteiger partial charge in [0.25, 0.3) is 0 Å². The Labute approximate surface area is 163 Å². The fraction of sp³-hybridized carbons (Fsp3) is 0.154. The minimum atomic E-state index is 0.997. The van der Waals surface area contributed by atoms with Crippen LogP contribution in [0, 0.1) is 44.5 Å². The summed E-state index contributed by atoms with van der Waals surface area (Å²) in [4.78, 5) is 0. The summed E-state index contributed by atoms with van der Waals surface area (Å²) in [6.45, 7) is 8.38. The molecule has 0 aromatic heterocycles. The van der Waals surface area contributed by atoms with Gasteiger partial charge >= 0.3 is 0 Å². The Morgan fingerprint density at radius 3 is 1.44 bits per heavy atom. The van der Waals surface area contributed by atoms with E-state index in [-0.39, 0.29) is 0 Å². The van der Waals surface area contributed by atoms with E-state index in [0.29, 0.717) is 0 Å². The molecule has 0 saturated heterocycles. The Balaban J connectivity index is 1.78. The van der Waals surface area contributed by atoms with Gasteiger partial charge in [0.1, 0.15) is 7.28 Å². The summed E-state index contributed by atoms with van der Waals surface area (Å²) in [6, 6.07) is 20.7. The third-order valence-corrected chi connectivity index (χ3v) is 4.51. The van der Waals surface area contributed by atoms with Crippen molar-refractivity contribution < 1.29 is 0 Å². The van der Waals surface area contributed by atoms with Crippen LogP contribution in [-0.4, -0.2) is 7.28 Å². The quantitative estimate of drug-likeness (QED) is 0.439. The van der Waals surface area contributed by atoms with E-state index in [2.05, 4.69) is 95.0 Å². The average molecular weight is 345 g/mol. The smallest absolute Gasteiger partial charge is 0.0875 e. The average Bonchev–Trinajstić information content (AvgIpc) is 2.67. The van der Waals surface area contributed by atoms with Crippen molar-refractivity contribution in [2.75, 3.05) is 0 Å². The van der Waals surface area contributed by atoms with Gasteiger partial charge in [-0.1, -0.05) is 65.8 Å². The molecule has 0 aliphatic rings. The molecule has 0 aliphatic heterocycles. The Hall–Kier alpha value is -3.16. The van der Waals surface area contributed by atoms with E-state index in [1.165, 1.54) is 22.2 Å². The zero-order valence-electron chi connectivity index (χ0n) is 16.4. The standard InChI is InChI=1S/C26H22B/c1-19-5-7-22(8-6-19)9-10-23-11-13-24(14-12-23)15-16-26-20(2)17-25(27-4)18-21(26)3/h5-8,11-14,17-18H,1-4H3. The first-order valence-electron chi connectivity index (χ1n) is 9.16. The summed E-state index contributed by atoms with van der Waals surface area (Å²) in [5.41, 5.74) is 9.07. The maximum atomic E-state index is 3.33. The highest BCUT2D eigenvalue weighted by molar-refractivity contribution is 6.52. The molecule has 0 aliphatic carbocycles. The third kappa shape index (κ3) is 4.94. The van der Waals surface area contributed by atoms with Gasteiger partial charge < -0.3 is 0 Å². The van der Waals surface area contributed by atoms with Crippen LogP contribution in [0.2, 0.25) is 6.82 Å². The third-order valence-electron chi connectivity index (χ3n) is 4.51. The Bertz CT molecular complexity index is 1040. The summed E-state index contributed by atoms with van der Waals surface area (Å²) in [6.07, 6.45) is 0.